The van der Waals surface area contributed by atoms with Crippen LogP contribution in [0.2, 0.25) is 0 Å². The molecule has 0 amide bonds. The van der Waals surface area contributed by atoms with Crippen LogP contribution in [-0.4, -0.2) is 5.79 Å². The Morgan fingerprint density at radius 1 is 1.60 bits per heavy atom. The quantitative estimate of drug-likeness (QED) is 0.505. The molecule has 0 radical (unpaired) electrons. The van der Waals surface area contributed by atoms with E-state index in [1.807, 2.05) is 0 Å². The fraction of sp³-hybridized carbons (Fsp3) is 0.286. The average Bonchev–Trinajstić information content (AvgIpc) is 1.87. The lowest BCUT2D eigenvalue weighted by Crippen LogP contribution is -2.40. The van der Waals surface area contributed by atoms with Crippen LogP contribution in [0.5, 0.6) is 0 Å². The summed E-state index contributed by atoms with van der Waals surface area (Å²) in [4.78, 5) is 0. The predicted molar refractivity (Wildman–Crippen MR) is 35.4 cm³/mol. The third-order valence-electron chi connectivity index (χ3n) is 1.38. The van der Waals surface area contributed by atoms with Crippen LogP contribution in [0.1, 0.15) is 0 Å². The van der Waals surface area contributed by atoms with Gasteiger partial charge in [0.2, 0.25) is 0 Å². The maximum Gasteiger partial charge on any atom is 0.197 e. The molecule has 0 saturated carbocycles. The van der Waals surface area contributed by atoms with Gasteiger partial charge >= 0.3 is 0 Å². The molecular formula is C7H7FN2. The lowest BCUT2D eigenvalue weighted by atomic mass is 9.95. The molecular weight excluding hydrogens is 131 g/mol. The van der Waals surface area contributed by atoms with Gasteiger partial charge in [-0.1, -0.05) is 18.2 Å². The number of rotatable bonds is 0. The average molecular weight is 138 g/mol. The van der Waals surface area contributed by atoms with Crippen LogP contribution in [0.4, 0.5) is 4.39 Å². The third kappa shape index (κ3) is 1.07. The van der Waals surface area contributed by atoms with Crippen molar-refractivity contribution in [2.45, 2.75) is 5.79 Å². The van der Waals surface area contributed by atoms with Gasteiger partial charge in [-0.3, -0.25) is 5.73 Å². The van der Waals surface area contributed by atoms with Gasteiger partial charge in [-0.2, -0.15) is 5.26 Å². The van der Waals surface area contributed by atoms with Crippen LogP contribution in [0.3, 0.4) is 0 Å². The second-order valence-electron chi connectivity index (χ2n) is 2.18. The summed E-state index contributed by atoms with van der Waals surface area (Å²) in [5.41, 5.74) is 5.11. The number of hydrogen-bond acceptors (Lipinski definition) is 2. The molecule has 2 unspecified atom stereocenters. The monoisotopic (exact) mass is 138 g/mol. The van der Waals surface area contributed by atoms with Crippen molar-refractivity contribution in [2.24, 2.45) is 11.7 Å². The van der Waals surface area contributed by atoms with E-state index < -0.39 is 11.7 Å². The number of nitriles is 1. The predicted octanol–water partition coefficient (Wildman–Crippen LogP) is 0.877. The summed E-state index contributed by atoms with van der Waals surface area (Å²) in [6.45, 7) is 0. The number of nitrogens with two attached hydrogens (primary N) is 1. The number of nitrogens with zero attached hydrogens (tertiary/aromatic N) is 1. The van der Waals surface area contributed by atoms with Crippen molar-refractivity contribution in [2.75, 3.05) is 0 Å². The van der Waals surface area contributed by atoms with Crippen LogP contribution >= 0.6 is 0 Å². The van der Waals surface area contributed by atoms with E-state index in [4.69, 9.17) is 11.0 Å². The minimum absolute atomic E-state index is 0.850. The van der Waals surface area contributed by atoms with E-state index in [2.05, 4.69) is 0 Å². The zero-order valence-electron chi connectivity index (χ0n) is 5.29. The smallest absolute Gasteiger partial charge is 0.197 e. The van der Waals surface area contributed by atoms with E-state index in [1.54, 1.807) is 12.1 Å². The molecule has 2 atom stereocenters. The van der Waals surface area contributed by atoms with Crippen molar-refractivity contribution >= 4 is 0 Å². The van der Waals surface area contributed by atoms with Crippen molar-refractivity contribution < 1.29 is 4.39 Å². The number of halogens is 1. The summed E-state index contributed by atoms with van der Waals surface area (Å²) >= 11 is 0. The zero-order chi connectivity index (χ0) is 7.61. The number of hydrogen-bond donors (Lipinski definition) is 1. The van der Waals surface area contributed by atoms with Gasteiger partial charge in [-0.15, -0.1) is 0 Å². The van der Waals surface area contributed by atoms with Crippen molar-refractivity contribution in [3.63, 3.8) is 0 Å². The van der Waals surface area contributed by atoms with Gasteiger partial charge in [0.15, 0.2) is 5.79 Å². The summed E-state index contributed by atoms with van der Waals surface area (Å²) in [6.07, 6.45) is 5.73. The summed E-state index contributed by atoms with van der Waals surface area (Å²) in [7, 11) is 0. The molecule has 0 fully saturated rings. The van der Waals surface area contributed by atoms with Gasteiger partial charge in [0.05, 0.1) is 6.07 Å². The Labute approximate surface area is 58.4 Å². The van der Waals surface area contributed by atoms with Crippen molar-refractivity contribution in [3.05, 3.63) is 24.3 Å². The van der Waals surface area contributed by atoms with Crippen molar-refractivity contribution in [3.8, 4) is 6.07 Å². The van der Waals surface area contributed by atoms with Gasteiger partial charge in [0.1, 0.15) is 5.92 Å². The SMILES string of the molecule is N#CC1C=CC=CC1(N)F. The summed E-state index contributed by atoms with van der Waals surface area (Å²) in [6, 6.07) is 1.76. The Kier molecular flexibility index (Phi) is 1.56. The highest BCUT2D eigenvalue weighted by Crippen LogP contribution is 2.22. The topological polar surface area (TPSA) is 49.8 Å². The Hall–Kier alpha value is -1.14. The van der Waals surface area contributed by atoms with Crippen LogP contribution in [0, 0.1) is 17.2 Å². The molecule has 0 saturated heterocycles. The standard InChI is InChI=1S/C7H7FN2/c8-7(10)4-2-1-3-6(7)5-9/h1-4,6H,10H2. The Bertz CT molecular complexity index is 222. The maximum absolute atomic E-state index is 13.0. The van der Waals surface area contributed by atoms with Crippen molar-refractivity contribution in [1.82, 2.24) is 0 Å². The van der Waals surface area contributed by atoms with Gasteiger partial charge in [0.25, 0.3) is 0 Å². The van der Waals surface area contributed by atoms with Crippen LogP contribution in [-0.2, 0) is 0 Å². The molecule has 0 spiro atoms. The van der Waals surface area contributed by atoms with E-state index in [0.29, 0.717) is 0 Å². The first kappa shape index (κ1) is 6.97. The first-order valence-electron chi connectivity index (χ1n) is 2.90. The molecule has 1 rings (SSSR count). The fourth-order valence-electron chi connectivity index (χ4n) is 0.771. The molecule has 0 bridgehead atoms. The molecule has 0 aromatic rings. The highest BCUT2D eigenvalue weighted by Gasteiger charge is 2.31. The van der Waals surface area contributed by atoms with E-state index >= 15 is 0 Å². The van der Waals surface area contributed by atoms with E-state index in [1.165, 1.54) is 18.2 Å². The maximum atomic E-state index is 13.0. The second kappa shape index (κ2) is 2.24. The molecule has 52 valence electrons. The minimum atomic E-state index is -1.98. The van der Waals surface area contributed by atoms with E-state index in [9.17, 15) is 4.39 Å². The lowest BCUT2D eigenvalue weighted by molar-refractivity contribution is 0.203. The Morgan fingerprint density at radius 3 is 2.70 bits per heavy atom. The first-order chi connectivity index (χ1) is 4.67. The summed E-state index contributed by atoms with van der Waals surface area (Å²) in [5.74, 6) is -2.83. The first-order valence-corrected chi connectivity index (χ1v) is 2.90. The van der Waals surface area contributed by atoms with Gasteiger partial charge < -0.3 is 0 Å². The molecule has 3 heteroatoms. The van der Waals surface area contributed by atoms with Gasteiger partial charge in [0, 0.05) is 0 Å². The molecule has 0 heterocycles. The molecule has 2 N–H and O–H groups in total. The molecule has 10 heavy (non-hydrogen) atoms. The molecule has 2 nitrogen and oxygen atoms in total. The molecule has 0 aromatic heterocycles. The van der Waals surface area contributed by atoms with E-state index in [-0.39, 0.29) is 0 Å². The number of allylic oxidation sites excluding steroid dienone is 2. The van der Waals surface area contributed by atoms with Crippen molar-refractivity contribution in [1.29, 1.82) is 5.26 Å². The molecule has 1 aliphatic rings. The second-order valence-corrected chi connectivity index (χ2v) is 2.18. The zero-order valence-corrected chi connectivity index (χ0v) is 5.29. The van der Waals surface area contributed by atoms with Crippen LogP contribution < -0.4 is 5.73 Å². The fourth-order valence-corrected chi connectivity index (χ4v) is 0.771. The normalized spacial score (nSPS) is 37.5. The highest BCUT2D eigenvalue weighted by molar-refractivity contribution is 5.24. The Balaban J connectivity index is 2.87. The summed E-state index contributed by atoms with van der Waals surface area (Å²) < 4.78 is 13.0. The van der Waals surface area contributed by atoms with Crippen LogP contribution in [0.15, 0.2) is 24.3 Å². The van der Waals surface area contributed by atoms with E-state index in [0.717, 1.165) is 0 Å². The third-order valence-corrected chi connectivity index (χ3v) is 1.38. The van der Waals surface area contributed by atoms with Gasteiger partial charge in [-0.05, 0) is 6.08 Å². The lowest BCUT2D eigenvalue weighted by Gasteiger charge is -2.20. The van der Waals surface area contributed by atoms with Crippen LogP contribution in [0.25, 0.3) is 0 Å². The molecule has 0 aliphatic heterocycles. The minimum Gasteiger partial charge on any atom is -0.294 e. The number of alkyl halides is 1. The highest BCUT2D eigenvalue weighted by atomic mass is 19.1. The molecule has 0 aromatic carbocycles. The van der Waals surface area contributed by atoms with Gasteiger partial charge in [-0.25, -0.2) is 4.39 Å². The Morgan fingerprint density at radius 2 is 2.30 bits per heavy atom. The summed E-state index contributed by atoms with van der Waals surface area (Å²) in [5, 5.41) is 8.37. The largest absolute Gasteiger partial charge is 0.294 e. The molecule has 1 aliphatic carbocycles.